The summed E-state index contributed by atoms with van der Waals surface area (Å²) in [5.41, 5.74) is 1.86. The molecule has 5 nitrogen and oxygen atoms in total. The van der Waals surface area contributed by atoms with Crippen LogP contribution in [0.15, 0.2) is 16.0 Å². The highest BCUT2D eigenvalue weighted by molar-refractivity contribution is 7.03. The van der Waals surface area contributed by atoms with Crippen LogP contribution < -0.4 is 5.32 Å². The van der Waals surface area contributed by atoms with Crippen LogP contribution in [0.5, 0.6) is 0 Å². The molecule has 1 N–H and O–H groups in total. The van der Waals surface area contributed by atoms with Crippen LogP contribution in [0.4, 0.5) is 0 Å². The Morgan fingerprint density at radius 3 is 2.93 bits per heavy atom. The molecule has 14 heavy (non-hydrogen) atoms. The largest absolute Gasteiger partial charge is 0.361 e. The summed E-state index contributed by atoms with van der Waals surface area (Å²) >= 11 is 1.35. The molecule has 0 aliphatic rings. The van der Waals surface area contributed by atoms with Gasteiger partial charge in [0.25, 0.3) is 0 Å². The molecule has 2 aromatic heterocycles. The van der Waals surface area contributed by atoms with Crippen LogP contribution in [0.2, 0.25) is 0 Å². The summed E-state index contributed by atoms with van der Waals surface area (Å²) < 4.78 is 8.71. The Bertz CT molecular complexity index is 384. The van der Waals surface area contributed by atoms with E-state index in [1.807, 2.05) is 18.4 Å². The van der Waals surface area contributed by atoms with Crippen LogP contribution in [0.1, 0.15) is 17.1 Å². The summed E-state index contributed by atoms with van der Waals surface area (Å²) in [4.78, 5) is 0. The first-order valence-corrected chi connectivity index (χ1v) is 5.07. The van der Waals surface area contributed by atoms with Gasteiger partial charge in [-0.3, -0.25) is 0 Å². The van der Waals surface area contributed by atoms with Gasteiger partial charge in [0.15, 0.2) is 0 Å². The first-order valence-electron chi connectivity index (χ1n) is 4.23. The number of hydrogen-bond acceptors (Lipinski definition) is 6. The fraction of sp³-hybridized carbons (Fsp3) is 0.375. The standard InChI is InChI=1S/C8H10N4OS/c1-6-2-7(11-13-6)3-9-4-8-5-14-12-10-8/h2,5,9H,3-4H2,1H3. The SMILES string of the molecule is Cc1cc(CNCc2csnn2)no1. The van der Waals surface area contributed by atoms with Crippen LogP contribution in [0, 0.1) is 6.92 Å². The molecule has 0 unspecified atom stereocenters. The first-order chi connectivity index (χ1) is 6.84. The summed E-state index contributed by atoms with van der Waals surface area (Å²) in [5.74, 6) is 0.831. The van der Waals surface area contributed by atoms with Gasteiger partial charge < -0.3 is 9.84 Å². The highest BCUT2D eigenvalue weighted by Gasteiger charge is 2.00. The van der Waals surface area contributed by atoms with Gasteiger partial charge in [-0.1, -0.05) is 9.64 Å². The quantitative estimate of drug-likeness (QED) is 0.819. The van der Waals surface area contributed by atoms with Crippen molar-refractivity contribution in [1.82, 2.24) is 20.1 Å². The normalized spacial score (nSPS) is 10.6. The summed E-state index contributed by atoms with van der Waals surface area (Å²) in [6.45, 7) is 3.28. The fourth-order valence-corrected chi connectivity index (χ4v) is 1.53. The van der Waals surface area contributed by atoms with Crippen LogP contribution in [0.25, 0.3) is 0 Å². The van der Waals surface area contributed by atoms with Gasteiger partial charge in [-0.05, 0) is 18.5 Å². The van der Waals surface area contributed by atoms with Crippen molar-refractivity contribution in [3.05, 3.63) is 28.6 Å². The van der Waals surface area contributed by atoms with E-state index in [1.165, 1.54) is 11.5 Å². The highest BCUT2D eigenvalue weighted by atomic mass is 32.1. The lowest BCUT2D eigenvalue weighted by molar-refractivity contribution is 0.388. The van der Waals surface area contributed by atoms with Gasteiger partial charge in [-0.15, -0.1) is 5.10 Å². The molecule has 2 heterocycles. The van der Waals surface area contributed by atoms with E-state index in [9.17, 15) is 0 Å². The number of aromatic nitrogens is 3. The molecule has 0 saturated carbocycles. The molecule has 2 aromatic rings. The second-order valence-electron chi connectivity index (χ2n) is 2.93. The van der Waals surface area contributed by atoms with E-state index in [2.05, 4.69) is 20.1 Å². The monoisotopic (exact) mass is 210 g/mol. The van der Waals surface area contributed by atoms with Gasteiger partial charge in [-0.2, -0.15) is 0 Å². The minimum atomic E-state index is 0.689. The molecule has 6 heteroatoms. The zero-order valence-electron chi connectivity index (χ0n) is 7.73. The van der Waals surface area contributed by atoms with E-state index < -0.39 is 0 Å². The molecule has 0 fully saturated rings. The van der Waals surface area contributed by atoms with E-state index in [-0.39, 0.29) is 0 Å². The highest BCUT2D eigenvalue weighted by Crippen LogP contribution is 2.01. The number of nitrogens with zero attached hydrogens (tertiary/aromatic N) is 3. The number of aryl methyl sites for hydroxylation is 1. The van der Waals surface area contributed by atoms with Crippen molar-refractivity contribution in [2.45, 2.75) is 20.0 Å². The molecule has 2 rings (SSSR count). The Labute approximate surface area is 85.3 Å². The maximum absolute atomic E-state index is 4.94. The van der Waals surface area contributed by atoms with Crippen molar-refractivity contribution in [3.63, 3.8) is 0 Å². The minimum absolute atomic E-state index is 0.689. The van der Waals surface area contributed by atoms with Gasteiger partial charge in [0.05, 0.1) is 11.4 Å². The summed E-state index contributed by atoms with van der Waals surface area (Å²) in [5, 5.41) is 12.9. The summed E-state index contributed by atoms with van der Waals surface area (Å²) in [6, 6.07) is 1.91. The Hall–Kier alpha value is -1.27. The first kappa shape index (κ1) is 9.29. The molecule has 0 aliphatic heterocycles. The van der Waals surface area contributed by atoms with Gasteiger partial charge in [0, 0.05) is 24.5 Å². The molecule has 0 atom stereocenters. The molecular formula is C8H10N4OS. The van der Waals surface area contributed by atoms with Crippen molar-refractivity contribution >= 4 is 11.5 Å². The lowest BCUT2D eigenvalue weighted by Crippen LogP contribution is -2.13. The lowest BCUT2D eigenvalue weighted by Gasteiger charge is -1.96. The molecule has 0 aromatic carbocycles. The van der Waals surface area contributed by atoms with Crippen molar-refractivity contribution in [2.24, 2.45) is 0 Å². The maximum atomic E-state index is 4.94. The van der Waals surface area contributed by atoms with E-state index in [0.29, 0.717) is 13.1 Å². The topological polar surface area (TPSA) is 63.8 Å². The Morgan fingerprint density at radius 1 is 1.43 bits per heavy atom. The van der Waals surface area contributed by atoms with Crippen molar-refractivity contribution in [2.75, 3.05) is 0 Å². The molecule has 0 spiro atoms. The van der Waals surface area contributed by atoms with E-state index >= 15 is 0 Å². The molecule has 0 radical (unpaired) electrons. The van der Waals surface area contributed by atoms with Crippen molar-refractivity contribution < 1.29 is 4.52 Å². The summed E-state index contributed by atoms with van der Waals surface area (Å²) in [7, 11) is 0. The predicted molar refractivity (Wildman–Crippen MR) is 51.7 cm³/mol. The number of rotatable bonds is 4. The van der Waals surface area contributed by atoms with Crippen molar-refractivity contribution in [1.29, 1.82) is 0 Å². The smallest absolute Gasteiger partial charge is 0.133 e. The third-order valence-corrected chi connectivity index (χ3v) is 2.25. The molecule has 0 aliphatic carbocycles. The van der Waals surface area contributed by atoms with Gasteiger partial charge in [-0.25, -0.2) is 0 Å². The number of hydrogen-bond donors (Lipinski definition) is 1. The van der Waals surface area contributed by atoms with Gasteiger partial charge in [0.2, 0.25) is 0 Å². The molecular weight excluding hydrogens is 200 g/mol. The fourth-order valence-electron chi connectivity index (χ4n) is 1.08. The van der Waals surface area contributed by atoms with Crippen LogP contribution in [0.3, 0.4) is 0 Å². The molecule has 74 valence electrons. The molecule has 0 amide bonds. The third kappa shape index (κ3) is 2.36. The Balaban J connectivity index is 1.78. The Kier molecular flexibility index (Phi) is 2.85. The van der Waals surface area contributed by atoms with Crippen LogP contribution in [-0.4, -0.2) is 14.7 Å². The van der Waals surface area contributed by atoms with E-state index in [4.69, 9.17) is 4.52 Å². The van der Waals surface area contributed by atoms with Crippen LogP contribution in [-0.2, 0) is 13.1 Å². The second-order valence-corrected chi connectivity index (χ2v) is 3.54. The van der Waals surface area contributed by atoms with Crippen molar-refractivity contribution in [3.8, 4) is 0 Å². The minimum Gasteiger partial charge on any atom is -0.361 e. The van der Waals surface area contributed by atoms with Gasteiger partial charge >= 0.3 is 0 Å². The maximum Gasteiger partial charge on any atom is 0.133 e. The number of nitrogens with one attached hydrogen (secondary N) is 1. The predicted octanol–water partition coefficient (Wildman–Crippen LogP) is 1.12. The zero-order chi connectivity index (χ0) is 9.80. The molecule has 0 saturated heterocycles. The third-order valence-electron chi connectivity index (χ3n) is 1.69. The zero-order valence-corrected chi connectivity index (χ0v) is 8.54. The van der Waals surface area contributed by atoms with Crippen LogP contribution >= 0.6 is 11.5 Å². The average molecular weight is 210 g/mol. The Morgan fingerprint density at radius 2 is 2.29 bits per heavy atom. The van der Waals surface area contributed by atoms with Gasteiger partial charge in [0.1, 0.15) is 5.76 Å². The second kappa shape index (κ2) is 4.30. The molecule has 0 bridgehead atoms. The average Bonchev–Trinajstić information content (AvgIpc) is 2.77. The lowest BCUT2D eigenvalue weighted by atomic mass is 10.3. The summed E-state index contributed by atoms with van der Waals surface area (Å²) in [6.07, 6.45) is 0. The van der Waals surface area contributed by atoms with E-state index in [0.717, 1.165) is 17.1 Å². The van der Waals surface area contributed by atoms with E-state index in [1.54, 1.807) is 0 Å².